The van der Waals surface area contributed by atoms with Gasteiger partial charge in [-0.2, -0.15) is 0 Å². The fourth-order valence-electron chi connectivity index (χ4n) is 4.77. The van der Waals surface area contributed by atoms with Crippen molar-refractivity contribution < 1.29 is 4.79 Å². The van der Waals surface area contributed by atoms with Gasteiger partial charge in [-0.1, -0.05) is 0 Å². The lowest BCUT2D eigenvalue weighted by Gasteiger charge is -2.28. The number of thiophene rings is 1. The van der Waals surface area contributed by atoms with E-state index in [4.69, 9.17) is 0 Å². The third-order valence-electron chi connectivity index (χ3n) is 6.13. The molecule has 3 aliphatic rings. The first kappa shape index (κ1) is 15.6. The first-order valence-corrected chi connectivity index (χ1v) is 10.5. The molecule has 3 atom stereocenters. The second-order valence-corrected chi connectivity index (χ2v) is 8.65. The SMILES string of the molecule is O=C(N[C@@H]1C[C@H]2CC[C@@H]1N2)c1ccc2scc(N3CCCCC3)c2c1. The summed E-state index contributed by atoms with van der Waals surface area (Å²) in [6.07, 6.45) is 7.42. The van der Waals surface area contributed by atoms with Gasteiger partial charge in [0.2, 0.25) is 0 Å². The lowest BCUT2D eigenvalue weighted by Crippen LogP contribution is -2.42. The number of benzene rings is 1. The summed E-state index contributed by atoms with van der Waals surface area (Å²) in [4.78, 5) is 15.3. The molecular weight excluding hydrogens is 330 g/mol. The second kappa shape index (κ2) is 6.29. The third kappa shape index (κ3) is 2.83. The van der Waals surface area contributed by atoms with E-state index in [0.29, 0.717) is 18.1 Å². The van der Waals surface area contributed by atoms with Crippen molar-refractivity contribution in [3.8, 4) is 0 Å². The smallest absolute Gasteiger partial charge is 0.251 e. The summed E-state index contributed by atoms with van der Waals surface area (Å²) in [5, 5.41) is 10.4. The number of anilines is 1. The zero-order valence-electron chi connectivity index (χ0n) is 14.5. The maximum atomic E-state index is 12.8. The Morgan fingerprint density at radius 2 is 2.08 bits per heavy atom. The van der Waals surface area contributed by atoms with Gasteiger partial charge in [0.1, 0.15) is 0 Å². The maximum absolute atomic E-state index is 12.8. The van der Waals surface area contributed by atoms with Crippen molar-refractivity contribution in [2.75, 3.05) is 18.0 Å². The lowest BCUT2D eigenvalue weighted by atomic mass is 9.95. The molecule has 0 saturated carbocycles. The predicted molar refractivity (Wildman–Crippen MR) is 104 cm³/mol. The molecule has 1 aromatic heterocycles. The molecular formula is C20H25N3OS. The van der Waals surface area contributed by atoms with Crippen LogP contribution < -0.4 is 15.5 Å². The summed E-state index contributed by atoms with van der Waals surface area (Å²) in [7, 11) is 0. The van der Waals surface area contributed by atoms with Gasteiger partial charge in [-0.15, -0.1) is 11.3 Å². The number of fused-ring (bicyclic) bond motifs is 3. The number of piperidine rings is 1. The largest absolute Gasteiger partial charge is 0.370 e. The second-order valence-electron chi connectivity index (χ2n) is 7.74. The van der Waals surface area contributed by atoms with Crippen LogP contribution in [-0.2, 0) is 0 Å². The Bertz CT molecular complexity index is 795. The number of rotatable bonds is 3. The van der Waals surface area contributed by atoms with Crippen LogP contribution in [0.15, 0.2) is 23.6 Å². The molecule has 0 unspecified atom stereocenters. The van der Waals surface area contributed by atoms with Crippen LogP contribution in [0.2, 0.25) is 0 Å². The molecule has 5 heteroatoms. The van der Waals surface area contributed by atoms with Crippen LogP contribution in [0.5, 0.6) is 0 Å². The molecule has 0 aliphatic carbocycles. The Kier molecular flexibility index (Phi) is 3.94. The van der Waals surface area contributed by atoms with Gasteiger partial charge < -0.3 is 15.5 Å². The van der Waals surface area contributed by atoms with Gasteiger partial charge >= 0.3 is 0 Å². The highest BCUT2D eigenvalue weighted by Gasteiger charge is 2.39. The average molecular weight is 356 g/mol. The summed E-state index contributed by atoms with van der Waals surface area (Å²) in [6.45, 7) is 2.28. The van der Waals surface area contributed by atoms with E-state index in [-0.39, 0.29) is 5.91 Å². The van der Waals surface area contributed by atoms with E-state index in [1.54, 1.807) is 11.3 Å². The minimum absolute atomic E-state index is 0.0806. The first-order valence-electron chi connectivity index (χ1n) is 9.61. The van der Waals surface area contributed by atoms with Crippen LogP contribution in [0.3, 0.4) is 0 Å². The Balaban J connectivity index is 1.38. The van der Waals surface area contributed by atoms with Crippen molar-refractivity contribution >= 4 is 33.0 Å². The van der Waals surface area contributed by atoms with Gasteiger partial charge in [0.05, 0.1) is 5.69 Å². The molecule has 2 N–H and O–H groups in total. The van der Waals surface area contributed by atoms with Crippen molar-refractivity contribution in [1.29, 1.82) is 0 Å². The molecule has 3 aliphatic heterocycles. The summed E-state index contributed by atoms with van der Waals surface area (Å²) < 4.78 is 1.28. The number of amides is 1. The zero-order valence-corrected chi connectivity index (χ0v) is 15.3. The highest BCUT2D eigenvalue weighted by Crippen LogP contribution is 2.35. The van der Waals surface area contributed by atoms with Crippen LogP contribution in [0.4, 0.5) is 5.69 Å². The Labute approximate surface area is 152 Å². The maximum Gasteiger partial charge on any atom is 0.251 e. The Hall–Kier alpha value is -1.59. The van der Waals surface area contributed by atoms with E-state index in [1.807, 2.05) is 6.07 Å². The topological polar surface area (TPSA) is 44.4 Å². The molecule has 25 heavy (non-hydrogen) atoms. The van der Waals surface area contributed by atoms with Gasteiger partial charge in [-0.05, 0) is 56.7 Å². The predicted octanol–water partition coefficient (Wildman–Crippen LogP) is 3.51. The minimum Gasteiger partial charge on any atom is -0.370 e. The molecule has 0 spiro atoms. The molecule has 132 valence electrons. The van der Waals surface area contributed by atoms with Crippen LogP contribution in [0.25, 0.3) is 10.1 Å². The van der Waals surface area contributed by atoms with Gasteiger partial charge in [0, 0.05) is 52.2 Å². The Morgan fingerprint density at radius 3 is 2.84 bits per heavy atom. The molecule has 0 radical (unpaired) electrons. The van der Waals surface area contributed by atoms with Gasteiger partial charge in [0.25, 0.3) is 5.91 Å². The van der Waals surface area contributed by atoms with Crippen molar-refractivity contribution in [2.45, 2.75) is 56.7 Å². The van der Waals surface area contributed by atoms with Gasteiger partial charge in [-0.3, -0.25) is 4.79 Å². The monoisotopic (exact) mass is 355 g/mol. The summed E-state index contributed by atoms with van der Waals surface area (Å²) >= 11 is 1.79. The number of carbonyl (C=O) groups excluding carboxylic acids is 1. The quantitative estimate of drug-likeness (QED) is 0.885. The third-order valence-corrected chi connectivity index (χ3v) is 7.08. The van der Waals surface area contributed by atoms with E-state index in [0.717, 1.165) is 25.1 Å². The molecule has 5 rings (SSSR count). The number of carbonyl (C=O) groups is 1. The highest BCUT2D eigenvalue weighted by atomic mass is 32.1. The minimum atomic E-state index is 0.0806. The summed E-state index contributed by atoms with van der Waals surface area (Å²) in [5.74, 6) is 0.0806. The van der Waals surface area contributed by atoms with Crippen LogP contribution >= 0.6 is 11.3 Å². The van der Waals surface area contributed by atoms with E-state index >= 15 is 0 Å². The molecule has 2 bridgehead atoms. The average Bonchev–Trinajstić information content (AvgIpc) is 3.37. The lowest BCUT2D eigenvalue weighted by molar-refractivity contribution is 0.0931. The number of nitrogens with one attached hydrogen (secondary N) is 2. The van der Waals surface area contributed by atoms with Gasteiger partial charge in [0.15, 0.2) is 0 Å². The van der Waals surface area contributed by atoms with Gasteiger partial charge in [-0.25, -0.2) is 0 Å². The fourth-order valence-corrected chi connectivity index (χ4v) is 5.72. The normalized spacial score (nSPS) is 28.6. The van der Waals surface area contributed by atoms with Crippen LogP contribution in [0.1, 0.15) is 48.9 Å². The number of hydrogen-bond acceptors (Lipinski definition) is 4. The molecule has 4 nitrogen and oxygen atoms in total. The number of nitrogens with zero attached hydrogens (tertiary/aromatic N) is 1. The molecule has 3 fully saturated rings. The first-order chi connectivity index (χ1) is 12.3. The fraction of sp³-hybridized carbons (Fsp3) is 0.550. The van der Waals surface area contributed by atoms with E-state index < -0.39 is 0 Å². The summed E-state index contributed by atoms with van der Waals surface area (Å²) in [6, 6.07) is 7.58. The zero-order chi connectivity index (χ0) is 16.8. The molecule has 1 amide bonds. The van der Waals surface area contributed by atoms with E-state index in [1.165, 1.54) is 47.9 Å². The molecule has 4 heterocycles. The highest BCUT2D eigenvalue weighted by molar-refractivity contribution is 7.17. The Morgan fingerprint density at radius 1 is 1.20 bits per heavy atom. The van der Waals surface area contributed by atoms with Crippen LogP contribution in [0, 0.1) is 0 Å². The van der Waals surface area contributed by atoms with E-state index in [9.17, 15) is 4.79 Å². The molecule has 1 aromatic carbocycles. The standard InChI is InChI=1S/C20H25N3OS/c24-20(22-17-11-14-5-6-16(17)21-14)13-4-7-19-15(10-13)18(12-25-19)23-8-2-1-3-9-23/h4,7,10,12,14,16-17,21H,1-3,5-6,8-9,11H2,(H,22,24)/t14-,16+,17-/m1/s1. The van der Waals surface area contributed by atoms with Crippen molar-refractivity contribution in [3.05, 3.63) is 29.1 Å². The van der Waals surface area contributed by atoms with Crippen molar-refractivity contribution in [2.24, 2.45) is 0 Å². The number of hydrogen-bond donors (Lipinski definition) is 2. The van der Waals surface area contributed by atoms with E-state index in [2.05, 4.69) is 33.0 Å². The molecule has 3 saturated heterocycles. The van der Waals surface area contributed by atoms with Crippen LogP contribution in [-0.4, -0.2) is 37.1 Å². The summed E-state index contributed by atoms with van der Waals surface area (Å²) in [5.41, 5.74) is 2.11. The van der Waals surface area contributed by atoms with Crippen molar-refractivity contribution in [3.63, 3.8) is 0 Å². The van der Waals surface area contributed by atoms with Crippen molar-refractivity contribution in [1.82, 2.24) is 10.6 Å². The molecule has 2 aromatic rings.